The second-order valence-electron chi connectivity index (χ2n) is 6.57. The van der Waals surface area contributed by atoms with E-state index in [0.717, 1.165) is 0 Å². The maximum absolute atomic E-state index is 12.5. The summed E-state index contributed by atoms with van der Waals surface area (Å²) < 4.78 is 5.07. The molecule has 1 saturated heterocycles. The minimum absolute atomic E-state index is 0.0250. The van der Waals surface area contributed by atoms with E-state index in [-0.39, 0.29) is 17.3 Å². The van der Waals surface area contributed by atoms with Gasteiger partial charge in [0, 0.05) is 12.6 Å². The van der Waals surface area contributed by atoms with E-state index in [1.807, 2.05) is 0 Å². The van der Waals surface area contributed by atoms with E-state index in [1.54, 1.807) is 30.5 Å². The quantitative estimate of drug-likeness (QED) is 0.439. The van der Waals surface area contributed by atoms with Crippen molar-refractivity contribution in [1.29, 1.82) is 0 Å². The van der Waals surface area contributed by atoms with Crippen LogP contribution in [0.5, 0.6) is 0 Å². The van der Waals surface area contributed by atoms with Gasteiger partial charge in [-0.1, -0.05) is 12.1 Å². The van der Waals surface area contributed by atoms with Gasteiger partial charge in [0.25, 0.3) is 17.5 Å². The Labute approximate surface area is 170 Å². The standard InChI is InChI=1S/C19H19N3O6S/c1-12-6-7-13(15(10-12)22(26)27)20-17(23)11-28-19(25)14-4-2-8-21(14)18(24)16-5-3-9-29-16/h3,5-7,9-10,14H,2,4,8,11H2,1H3,(H,20,23)/t14-/m0/s1. The topological polar surface area (TPSA) is 119 Å². The summed E-state index contributed by atoms with van der Waals surface area (Å²) in [5.74, 6) is -1.60. The number of carbonyl (C=O) groups is 3. The molecule has 1 aromatic carbocycles. The van der Waals surface area contributed by atoms with E-state index in [0.29, 0.717) is 29.8 Å². The van der Waals surface area contributed by atoms with E-state index < -0.39 is 29.4 Å². The summed E-state index contributed by atoms with van der Waals surface area (Å²) in [6.07, 6.45) is 1.12. The lowest BCUT2D eigenvalue weighted by atomic mass is 10.2. The number of hydrogen-bond donors (Lipinski definition) is 1. The number of anilines is 1. The maximum Gasteiger partial charge on any atom is 0.329 e. The van der Waals surface area contributed by atoms with Crippen molar-refractivity contribution in [3.05, 3.63) is 56.3 Å². The van der Waals surface area contributed by atoms with Gasteiger partial charge in [0.1, 0.15) is 11.7 Å². The van der Waals surface area contributed by atoms with Gasteiger partial charge in [-0.25, -0.2) is 4.79 Å². The first-order chi connectivity index (χ1) is 13.9. The number of nitro groups is 1. The van der Waals surface area contributed by atoms with Crippen LogP contribution in [-0.2, 0) is 14.3 Å². The Morgan fingerprint density at radius 2 is 2.14 bits per heavy atom. The molecule has 0 saturated carbocycles. The van der Waals surface area contributed by atoms with E-state index in [2.05, 4.69) is 5.32 Å². The summed E-state index contributed by atoms with van der Waals surface area (Å²) in [7, 11) is 0. The Hall–Kier alpha value is -3.27. The first kappa shape index (κ1) is 20.5. The van der Waals surface area contributed by atoms with Crippen molar-refractivity contribution in [2.45, 2.75) is 25.8 Å². The number of likely N-dealkylation sites (tertiary alicyclic amines) is 1. The summed E-state index contributed by atoms with van der Waals surface area (Å²) in [6.45, 7) is 1.55. The third kappa shape index (κ3) is 4.77. The van der Waals surface area contributed by atoms with Crippen molar-refractivity contribution in [2.24, 2.45) is 0 Å². The van der Waals surface area contributed by atoms with Crippen LogP contribution in [-0.4, -0.2) is 46.8 Å². The van der Waals surface area contributed by atoms with Crippen LogP contribution in [0.15, 0.2) is 35.7 Å². The molecule has 1 aliphatic heterocycles. The van der Waals surface area contributed by atoms with Gasteiger partial charge in [-0.15, -0.1) is 11.3 Å². The van der Waals surface area contributed by atoms with Crippen LogP contribution in [0.25, 0.3) is 0 Å². The molecule has 10 heteroatoms. The highest BCUT2D eigenvalue weighted by atomic mass is 32.1. The molecule has 0 spiro atoms. The van der Waals surface area contributed by atoms with Gasteiger partial charge in [-0.05, 0) is 42.8 Å². The number of ether oxygens (including phenoxy) is 1. The molecule has 0 radical (unpaired) electrons. The van der Waals surface area contributed by atoms with Crippen LogP contribution >= 0.6 is 11.3 Å². The summed E-state index contributed by atoms with van der Waals surface area (Å²) in [5.41, 5.74) is 0.461. The van der Waals surface area contributed by atoms with Crippen molar-refractivity contribution >= 4 is 40.5 Å². The van der Waals surface area contributed by atoms with Crippen molar-refractivity contribution in [1.82, 2.24) is 4.90 Å². The second-order valence-corrected chi connectivity index (χ2v) is 7.52. The predicted molar refractivity (Wildman–Crippen MR) is 106 cm³/mol. The minimum atomic E-state index is -0.744. The number of benzene rings is 1. The zero-order chi connectivity index (χ0) is 21.0. The van der Waals surface area contributed by atoms with Crippen LogP contribution in [0, 0.1) is 17.0 Å². The number of nitrogens with zero attached hydrogens (tertiary/aromatic N) is 2. The molecule has 1 aliphatic rings. The lowest BCUT2D eigenvalue weighted by Crippen LogP contribution is -2.41. The zero-order valence-electron chi connectivity index (χ0n) is 15.6. The zero-order valence-corrected chi connectivity index (χ0v) is 16.4. The summed E-state index contributed by atoms with van der Waals surface area (Å²) in [6, 6.07) is 7.10. The third-order valence-corrected chi connectivity index (χ3v) is 5.35. The first-order valence-electron chi connectivity index (χ1n) is 8.93. The average Bonchev–Trinajstić information content (AvgIpc) is 3.38. The number of nitrogens with one attached hydrogen (secondary N) is 1. The van der Waals surface area contributed by atoms with Gasteiger partial charge in [0.15, 0.2) is 6.61 Å². The van der Waals surface area contributed by atoms with Crippen molar-refractivity contribution < 1.29 is 24.0 Å². The van der Waals surface area contributed by atoms with Crippen molar-refractivity contribution in [3.8, 4) is 0 Å². The molecule has 3 rings (SSSR count). The Morgan fingerprint density at radius 1 is 1.34 bits per heavy atom. The number of amides is 2. The summed E-state index contributed by atoms with van der Waals surface area (Å²) in [4.78, 5) is 49.5. The van der Waals surface area contributed by atoms with Crippen LogP contribution in [0.1, 0.15) is 28.1 Å². The number of aryl methyl sites for hydroxylation is 1. The normalized spacial score (nSPS) is 15.8. The van der Waals surface area contributed by atoms with Crippen LogP contribution in [0.2, 0.25) is 0 Å². The van der Waals surface area contributed by atoms with Gasteiger partial charge in [-0.3, -0.25) is 19.7 Å². The Balaban J connectivity index is 1.58. The smallest absolute Gasteiger partial charge is 0.329 e. The molecule has 29 heavy (non-hydrogen) atoms. The molecule has 1 N–H and O–H groups in total. The molecule has 1 fully saturated rings. The number of nitro benzene ring substituents is 1. The number of esters is 1. The summed E-state index contributed by atoms with van der Waals surface area (Å²) in [5, 5.41) is 15.3. The Kier molecular flexibility index (Phi) is 6.23. The number of hydrogen-bond acceptors (Lipinski definition) is 7. The molecular weight excluding hydrogens is 398 g/mol. The molecule has 1 aromatic heterocycles. The average molecular weight is 417 g/mol. The molecule has 2 amide bonds. The molecule has 9 nitrogen and oxygen atoms in total. The highest BCUT2D eigenvalue weighted by Crippen LogP contribution is 2.26. The molecule has 2 heterocycles. The van der Waals surface area contributed by atoms with Crippen LogP contribution in [0.4, 0.5) is 11.4 Å². The minimum Gasteiger partial charge on any atom is -0.454 e. The molecule has 2 aromatic rings. The Morgan fingerprint density at radius 3 is 2.83 bits per heavy atom. The monoisotopic (exact) mass is 417 g/mol. The SMILES string of the molecule is Cc1ccc(NC(=O)COC(=O)[C@@H]2CCCN2C(=O)c2cccs2)c([N+](=O)[O-])c1. The second kappa shape index (κ2) is 8.82. The lowest BCUT2D eigenvalue weighted by Gasteiger charge is -2.22. The predicted octanol–water partition coefficient (Wildman–Crippen LogP) is 2.75. The summed E-state index contributed by atoms with van der Waals surface area (Å²) >= 11 is 1.29. The molecular formula is C19H19N3O6S. The van der Waals surface area contributed by atoms with Crippen molar-refractivity contribution in [2.75, 3.05) is 18.5 Å². The highest BCUT2D eigenvalue weighted by Gasteiger charge is 2.36. The van der Waals surface area contributed by atoms with E-state index >= 15 is 0 Å². The molecule has 0 bridgehead atoms. The molecule has 0 aliphatic carbocycles. The van der Waals surface area contributed by atoms with Crippen molar-refractivity contribution in [3.63, 3.8) is 0 Å². The third-order valence-electron chi connectivity index (χ3n) is 4.49. The van der Waals surface area contributed by atoms with E-state index in [4.69, 9.17) is 4.74 Å². The molecule has 1 atom stereocenters. The number of thiophene rings is 1. The first-order valence-corrected chi connectivity index (χ1v) is 9.81. The fourth-order valence-electron chi connectivity index (χ4n) is 3.11. The van der Waals surface area contributed by atoms with Crippen LogP contribution < -0.4 is 5.32 Å². The van der Waals surface area contributed by atoms with Gasteiger partial charge in [-0.2, -0.15) is 0 Å². The van der Waals surface area contributed by atoms with E-state index in [1.165, 1.54) is 28.4 Å². The van der Waals surface area contributed by atoms with E-state index in [9.17, 15) is 24.5 Å². The van der Waals surface area contributed by atoms with Gasteiger partial charge < -0.3 is 15.0 Å². The fourth-order valence-corrected chi connectivity index (χ4v) is 3.79. The highest BCUT2D eigenvalue weighted by molar-refractivity contribution is 7.12. The largest absolute Gasteiger partial charge is 0.454 e. The maximum atomic E-state index is 12.5. The number of carbonyl (C=O) groups excluding carboxylic acids is 3. The molecule has 0 unspecified atom stereocenters. The lowest BCUT2D eigenvalue weighted by molar-refractivity contribution is -0.384. The van der Waals surface area contributed by atoms with Crippen LogP contribution in [0.3, 0.4) is 0 Å². The van der Waals surface area contributed by atoms with Gasteiger partial charge in [0.05, 0.1) is 9.80 Å². The fraction of sp³-hybridized carbons (Fsp3) is 0.316. The van der Waals surface area contributed by atoms with Gasteiger partial charge in [0.2, 0.25) is 0 Å². The molecule has 152 valence electrons. The number of rotatable bonds is 6. The van der Waals surface area contributed by atoms with Gasteiger partial charge >= 0.3 is 5.97 Å². The Bertz CT molecular complexity index is 943.